The molecular weight excluding hydrogens is 368 g/mol. The van der Waals surface area contributed by atoms with Crippen molar-refractivity contribution in [2.24, 2.45) is 0 Å². The third-order valence-electron chi connectivity index (χ3n) is 5.30. The normalized spacial score (nSPS) is 17.1. The van der Waals surface area contributed by atoms with E-state index >= 15 is 0 Å². The van der Waals surface area contributed by atoms with Crippen LogP contribution in [0.4, 0.5) is 22.1 Å². The molecule has 0 aromatic carbocycles. The molecule has 8 heteroatoms. The van der Waals surface area contributed by atoms with E-state index in [1.807, 2.05) is 24.3 Å². The molecule has 8 nitrogen and oxygen atoms in total. The second-order valence-corrected chi connectivity index (χ2v) is 7.35. The fraction of sp³-hybridized carbons (Fsp3) is 0.476. The number of rotatable bonds is 5. The summed E-state index contributed by atoms with van der Waals surface area (Å²) in [5, 5.41) is 5.77. The molecule has 0 atom stereocenters. The zero-order valence-electron chi connectivity index (χ0n) is 16.6. The number of hydrogen-bond acceptors (Lipinski definition) is 6. The van der Waals surface area contributed by atoms with Crippen molar-refractivity contribution in [2.45, 2.75) is 25.8 Å². The lowest BCUT2D eigenvalue weighted by atomic mass is 10.1. The molecule has 0 saturated carbocycles. The fourth-order valence-electron chi connectivity index (χ4n) is 3.75. The summed E-state index contributed by atoms with van der Waals surface area (Å²) < 4.78 is 5.41. The van der Waals surface area contributed by atoms with Gasteiger partial charge in [-0.2, -0.15) is 0 Å². The Bertz CT molecular complexity index is 801. The van der Waals surface area contributed by atoms with E-state index in [9.17, 15) is 4.79 Å². The summed E-state index contributed by atoms with van der Waals surface area (Å²) in [5.74, 6) is 1.88. The molecule has 2 aromatic heterocycles. The van der Waals surface area contributed by atoms with Gasteiger partial charge in [-0.15, -0.1) is 0 Å². The lowest BCUT2D eigenvalue weighted by Crippen LogP contribution is -2.38. The number of carbonyl (C=O) groups is 1. The van der Waals surface area contributed by atoms with Gasteiger partial charge in [0.2, 0.25) is 0 Å². The minimum Gasteiger partial charge on any atom is -0.378 e. The van der Waals surface area contributed by atoms with Crippen molar-refractivity contribution in [1.82, 2.24) is 15.3 Å². The Morgan fingerprint density at radius 2 is 1.83 bits per heavy atom. The molecule has 2 N–H and O–H groups in total. The zero-order chi connectivity index (χ0) is 19.9. The van der Waals surface area contributed by atoms with Gasteiger partial charge in [-0.05, 0) is 37.5 Å². The smallest absolute Gasteiger partial charge is 0.319 e. The molecule has 0 bridgehead atoms. The van der Waals surface area contributed by atoms with Crippen LogP contribution in [0.15, 0.2) is 36.7 Å². The van der Waals surface area contributed by atoms with Gasteiger partial charge >= 0.3 is 6.03 Å². The lowest BCUT2D eigenvalue weighted by Gasteiger charge is -2.29. The molecule has 2 aliphatic rings. The van der Waals surface area contributed by atoms with Crippen molar-refractivity contribution in [2.75, 3.05) is 54.5 Å². The van der Waals surface area contributed by atoms with Crippen LogP contribution in [0.2, 0.25) is 0 Å². The molecule has 0 unspecified atom stereocenters. The summed E-state index contributed by atoms with van der Waals surface area (Å²) in [7, 11) is 0. The summed E-state index contributed by atoms with van der Waals surface area (Å²) in [4.78, 5) is 25.8. The van der Waals surface area contributed by atoms with Crippen molar-refractivity contribution in [1.29, 1.82) is 0 Å². The number of ether oxygens (including phenoxy) is 1. The minimum absolute atomic E-state index is 0.255. The highest BCUT2D eigenvalue weighted by atomic mass is 16.5. The molecule has 2 fully saturated rings. The lowest BCUT2D eigenvalue weighted by molar-refractivity contribution is 0.122. The maximum Gasteiger partial charge on any atom is 0.319 e. The van der Waals surface area contributed by atoms with Gasteiger partial charge in [-0.25, -0.2) is 14.8 Å². The molecule has 4 rings (SSSR count). The summed E-state index contributed by atoms with van der Waals surface area (Å²) in [6.45, 7) is 5.53. The second kappa shape index (κ2) is 9.56. The van der Waals surface area contributed by atoms with Crippen molar-refractivity contribution in [3.63, 3.8) is 0 Å². The first kappa shape index (κ1) is 19.4. The van der Waals surface area contributed by atoms with Gasteiger partial charge in [0.05, 0.1) is 25.1 Å². The van der Waals surface area contributed by atoms with Crippen LogP contribution in [0, 0.1) is 0 Å². The number of nitrogens with one attached hydrogen (secondary N) is 2. The molecular formula is C21H28N6O2. The Hall–Kier alpha value is -2.87. The number of nitrogens with zero attached hydrogens (tertiary/aromatic N) is 4. The van der Waals surface area contributed by atoms with E-state index in [2.05, 4.69) is 30.4 Å². The van der Waals surface area contributed by atoms with E-state index in [1.165, 1.54) is 19.3 Å². The third-order valence-corrected chi connectivity index (χ3v) is 5.30. The maximum absolute atomic E-state index is 12.3. The molecule has 2 aromatic rings. The molecule has 0 aliphatic carbocycles. The number of hydrogen-bond donors (Lipinski definition) is 2. The highest BCUT2D eigenvalue weighted by molar-refractivity contribution is 5.89. The predicted molar refractivity (Wildman–Crippen MR) is 113 cm³/mol. The Kier molecular flexibility index (Phi) is 6.41. The molecule has 0 radical (unpaired) electrons. The number of morpholine rings is 1. The first-order valence-corrected chi connectivity index (χ1v) is 10.3. The van der Waals surface area contributed by atoms with E-state index in [0.29, 0.717) is 25.4 Å². The number of anilines is 3. The van der Waals surface area contributed by atoms with Crippen LogP contribution in [0.5, 0.6) is 0 Å². The molecule has 2 aliphatic heterocycles. The zero-order valence-corrected chi connectivity index (χ0v) is 16.6. The first-order chi connectivity index (χ1) is 14.3. The van der Waals surface area contributed by atoms with Gasteiger partial charge in [0, 0.05) is 44.5 Å². The van der Waals surface area contributed by atoms with E-state index in [-0.39, 0.29) is 6.03 Å². The van der Waals surface area contributed by atoms with Gasteiger partial charge in [-0.1, -0.05) is 6.07 Å². The van der Waals surface area contributed by atoms with Gasteiger partial charge in [0.1, 0.15) is 11.6 Å². The van der Waals surface area contributed by atoms with Crippen LogP contribution in [-0.2, 0) is 11.3 Å². The van der Waals surface area contributed by atoms with Crippen LogP contribution in [0.25, 0.3) is 0 Å². The van der Waals surface area contributed by atoms with Crippen molar-refractivity contribution in [3.05, 3.63) is 42.2 Å². The summed E-state index contributed by atoms with van der Waals surface area (Å²) in [5.41, 5.74) is 1.67. The van der Waals surface area contributed by atoms with Crippen LogP contribution < -0.4 is 20.4 Å². The average molecular weight is 396 g/mol. The Morgan fingerprint density at radius 1 is 1.00 bits per heavy atom. The van der Waals surface area contributed by atoms with E-state index in [1.54, 1.807) is 12.4 Å². The monoisotopic (exact) mass is 396 g/mol. The maximum atomic E-state index is 12.3. The van der Waals surface area contributed by atoms with Crippen molar-refractivity contribution < 1.29 is 9.53 Å². The number of piperidine rings is 1. The van der Waals surface area contributed by atoms with E-state index in [4.69, 9.17) is 4.74 Å². The van der Waals surface area contributed by atoms with Crippen LogP contribution >= 0.6 is 0 Å². The van der Waals surface area contributed by atoms with E-state index in [0.717, 1.165) is 43.4 Å². The SMILES string of the molecule is O=C(NCc1cccnc1N1CCOCC1)Nc1ccc(N2CCCCC2)nc1. The van der Waals surface area contributed by atoms with Crippen molar-refractivity contribution >= 4 is 23.4 Å². The first-order valence-electron chi connectivity index (χ1n) is 10.3. The Labute approximate surface area is 171 Å². The average Bonchev–Trinajstić information content (AvgIpc) is 2.80. The van der Waals surface area contributed by atoms with Crippen LogP contribution in [0.3, 0.4) is 0 Å². The molecule has 2 amide bonds. The predicted octanol–water partition coefficient (Wildman–Crippen LogP) is 2.63. The van der Waals surface area contributed by atoms with E-state index < -0.39 is 0 Å². The molecule has 154 valence electrons. The third kappa shape index (κ3) is 5.14. The number of pyridine rings is 2. The van der Waals surface area contributed by atoms with Gasteiger partial charge in [0.25, 0.3) is 0 Å². The second-order valence-electron chi connectivity index (χ2n) is 7.35. The van der Waals surface area contributed by atoms with Gasteiger partial charge in [-0.3, -0.25) is 0 Å². The quantitative estimate of drug-likeness (QED) is 0.809. The highest BCUT2D eigenvalue weighted by Gasteiger charge is 2.16. The number of amides is 2. The fourth-order valence-corrected chi connectivity index (χ4v) is 3.75. The Morgan fingerprint density at radius 3 is 2.59 bits per heavy atom. The standard InChI is InChI=1S/C21H28N6O2/c28-21(25-18-6-7-19(23-16-18)26-9-2-1-3-10-26)24-15-17-5-4-8-22-20(17)27-11-13-29-14-12-27/h4-8,16H,1-3,9-15H2,(H2,24,25,28). The summed E-state index contributed by atoms with van der Waals surface area (Å²) in [6.07, 6.45) is 7.22. The minimum atomic E-state index is -0.255. The molecule has 29 heavy (non-hydrogen) atoms. The molecule has 0 spiro atoms. The number of urea groups is 1. The summed E-state index contributed by atoms with van der Waals surface area (Å²) >= 11 is 0. The summed E-state index contributed by atoms with van der Waals surface area (Å²) in [6, 6.07) is 7.50. The largest absolute Gasteiger partial charge is 0.378 e. The highest BCUT2D eigenvalue weighted by Crippen LogP contribution is 2.20. The van der Waals surface area contributed by atoms with Gasteiger partial charge < -0.3 is 25.2 Å². The Balaban J connectivity index is 1.31. The van der Waals surface area contributed by atoms with Crippen LogP contribution in [-0.4, -0.2) is 55.4 Å². The van der Waals surface area contributed by atoms with Gasteiger partial charge in [0.15, 0.2) is 0 Å². The molecule has 4 heterocycles. The van der Waals surface area contributed by atoms with Crippen LogP contribution in [0.1, 0.15) is 24.8 Å². The van der Waals surface area contributed by atoms with Crippen molar-refractivity contribution in [3.8, 4) is 0 Å². The number of carbonyl (C=O) groups excluding carboxylic acids is 1. The number of aromatic nitrogens is 2. The molecule has 2 saturated heterocycles. The topological polar surface area (TPSA) is 82.6 Å².